The maximum atomic E-state index is 12.5. The molecule has 6 heteroatoms. The molecule has 1 aromatic carbocycles. The van der Waals surface area contributed by atoms with E-state index >= 15 is 0 Å². The van der Waals surface area contributed by atoms with Gasteiger partial charge in [0, 0.05) is 29.4 Å². The molecule has 1 atom stereocenters. The van der Waals surface area contributed by atoms with Gasteiger partial charge >= 0.3 is 0 Å². The van der Waals surface area contributed by atoms with Gasteiger partial charge in [0.1, 0.15) is 5.69 Å². The van der Waals surface area contributed by atoms with Crippen molar-refractivity contribution >= 4 is 27.3 Å². The van der Waals surface area contributed by atoms with E-state index in [1.807, 2.05) is 6.07 Å². The third kappa shape index (κ3) is 2.90. The van der Waals surface area contributed by atoms with Gasteiger partial charge in [-0.2, -0.15) is 0 Å². The quantitative estimate of drug-likeness (QED) is 0.780. The summed E-state index contributed by atoms with van der Waals surface area (Å²) in [6.45, 7) is 1.34. The highest BCUT2D eigenvalue weighted by molar-refractivity contribution is 7.17. The Morgan fingerprint density at radius 3 is 2.96 bits per heavy atom. The van der Waals surface area contributed by atoms with E-state index in [0.717, 1.165) is 30.6 Å². The minimum atomic E-state index is -0.0857. The molecule has 0 aliphatic carbocycles. The summed E-state index contributed by atoms with van der Waals surface area (Å²) in [5.41, 5.74) is 8.11. The summed E-state index contributed by atoms with van der Waals surface area (Å²) in [5.74, 6) is -0.0857. The van der Waals surface area contributed by atoms with E-state index in [0.29, 0.717) is 12.2 Å². The highest BCUT2D eigenvalue weighted by Gasteiger charge is 2.23. The van der Waals surface area contributed by atoms with Crippen LogP contribution in [0.1, 0.15) is 23.3 Å². The molecule has 4 rings (SSSR count). The summed E-state index contributed by atoms with van der Waals surface area (Å²) in [6.07, 6.45) is 5.15. The van der Waals surface area contributed by atoms with Crippen molar-refractivity contribution in [3.05, 3.63) is 47.7 Å². The molecular weight excluding hydrogens is 320 g/mol. The fraction of sp³-hybridized carbons (Fsp3) is 0.278. The first-order chi connectivity index (χ1) is 11.7. The minimum absolute atomic E-state index is 0.0623. The van der Waals surface area contributed by atoms with E-state index in [4.69, 9.17) is 5.73 Å². The Morgan fingerprint density at radius 1 is 1.25 bits per heavy atom. The zero-order valence-corrected chi connectivity index (χ0v) is 14.0. The average Bonchev–Trinajstić information content (AvgIpc) is 3.09. The lowest BCUT2D eigenvalue weighted by atomic mass is 10.1. The molecule has 0 saturated carbocycles. The molecule has 1 fully saturated rings. The van der Waals surface area contributed by atoms with Crippen molar-refractivity contribution in [2.45, 2.75) is 18.9 Å². The fourth-order valence-electron chi connectivity index (χ4n) is 3.07. The lowest BCUT2D eigenvalue weighted by Gasteiger charge is -2.30. The van der Waals surface area contributed by atoms with Gasteiger partial charge in [0.05, 0.1) is 18.1 Å². The number of fused-ring (bicyclic) bond motifs is 1. The molecule has 1 aliphatic heterocycles. The molecule has 1 unspecified atom stereocenters. The molecule has 122 valence electrons. The molecule has 24 heavy (non-hydrogen) atoms. The maximum Gasteiger partial charge on any atom is 0.274 e. The number of likely N-dealkylation sites (tertiary alicyclic amines) is 1. The fourth-order valence-corrected chi connectivity index (χ4v) is 3.84. The second-order valence-corrected chi connectivity index (χ2v) is 7.06. The van der Waals surface area contributed by atoms with Crippen LogP contribution in [0.3, 0.4) is 0 Å². The van der Waals surface area contributed by atoms with Crippen LogP contribution in [0, 0.1) is 0 Å². The summed E-state index contributed by atoms with van der Waals surface area (Å²) >= 11 is 1.72. The summed E-state index contributed by atoms with van der Waals surface area (Å²) in [5, 5.41) is 3.27. The first-order valence-corrected chi connectivity index (χ1v) is 8.93. The van der Waals surface area contributed by atoms with Crippen LogP contribution >= 0.6 is 11.3 Å². The predicted octanol–water partition coefficient (Wildman–Crippen LogP) is 2.92. The molecule has 0 radical (unpaired) electrons. The van der Waals surface area contributed by atoms with E-state index < -0.39 is 0 Å². The molecule has 1 saturated heterocycles. The SMILES string of the molecule is NC1CCCN(C(=O)c2cnc(-c3ccc4sccc4c3)cn2)C1. The topological polar surface area (TPSA) is 72.1 Å². The van der Waals surface area contributed by atoms with Gasteiger partial charge in [-0.3, -0.25) is 9.78 Å². The number of thiophene rings is 1. The lowest BCUT2D eigenvalue weighted by Crippen LogP contribution is -2.45. The molecule has 3 heterocycles. The Hall–Kier alpha value is -2.31. The molecule has 2 N–H and O–H groups in total. The number of hydrogen-bond donors (Lipinski definition) is 1. The van der Waals surface area contributed by atoms with Crippen molar-refractivity contribution < 1.29 is 4.79 Å². The number of aromatic nitrogens is 2. The van der Waals surface area contributed by atoms with Crippen molar-refractivity contribution in [2.24, 2.45) is 5.73 Å². The van der Waals surface area contributed by atoms with Crippen LogP contribution in [0.15, 0.2) is 42.0 Å². The van der Waals surface area contributed by atoms with E-state index in [1.165, 1.54) is 10.1 Å². The summed E-state index contributed by atoms with van der Waals surface area (Å²) < 4.78 is 1.25. The molecular formula is C18H18N4OS. The van der Waals surface area contributed by atoms with Gasteiger partial charge < -0.3 is 10.6 Å². The molecule has 0 bridgehead atoms. The van der Waals surface area contributed by atoms with Crippen molar-refractivity contribution in [3.63, 3.8) is 0 Å². The Labute approximate surface area is 144 Å². The van der Waals surface area contributed by atoms with Gasteiger partial charge in [0.15, 0.2) is 0 Å². The maximum absolute atomic E-state index is 12.5. The van der Waals surface area contributed by atoms with Crippen LogP contribution < -0.4 is 5.73 Å². The van der Waals surface area contributed by atoms with Gasteiger partial charge in [-0.05, 0) is 41.8 Å². The van der Waals surface area contributed by atoms with Gasteiger partial charge in [-0.25, -0.2) is 4.98 Å². The van der Waals surface area contributed by atoms with Crippen molar-refractivity contribution in [2.75, 3.05) is 13.1 Å². The number of carbonyl (C=O) groups excluding carboxylic acids is 1. The molecule has 1 aliphatic rings. The zero-order chi connectivity index (χ0) is 16.5. The van der Waals surface area contributed by atoms with Gasteiger partial charge in [-0.15, -0.1) is 11.3 Å². The number of rotatable bonds is 2. The van der Waals surface area contributed by atoms with Crippen LogP contribution in [0.25, 0.3) is 21.3 Å². The van der Waals surface area contributed by atoms with Crippen LogP contribution in [-0.2, 0) is 0 Å². The Balaban J connectivity index is 1.56. The number of piperidine rings is 1. The Morgan fingerprint density at radius 2 is 2.17 bits per heavy atom. The minimum Gasteiger partial charge on any atom is -0.336 e. The van der Waals surface area contributed by atoms with Crippen molar-refractivity contribution in [1.82, 2.24) is 14.9 Å². The number of hydrogen-bond acceptors (Lipinski definition) is 5. The normalized spacial score (nSPS) is 18.0. The van der Waals surface area contributed by atoms with Crippen molar-refractivity contribution in [3.8, 4) is 11.3 Å². The summed E-state index contributed by atoms with van der Waals surface area (Å²) in [4.78, 5) is 23.0. The highest BCUT2D eigenvalue weighted by atomic mass is 32.1. The highest BCUT2D eigenvalue weighted by Crippen LogP contribution is 2.26. The number of nitrogens with two attached hydrogens (primary N) is 1. The van der Waals surface area contributed by atoms with Crippen LogP contribution in [0.2, 0.25) is 0 Å². The van der Waals surface area contributed by atoms with Crippen LogP contribution in [0.4, 0.5) is 0 Å². The standard InChI is InChI=1S/C18H18N4OS/c19-14-2-1-6-22(11-14)18(23)16-10-20-15(9-21-16)12-3-4-17-13(8-12)5-7-24-17/h3-5,7-10,14H,1-2,6,11,19H2. The first-order valence-electron chi connectivity index (χ1n) is 8.05. The second-order valence-electron chi connectivity index (χ2n) is 6.11. The molecule has 1 amide bonds. The summed E-state index contributed by atoms with van der Waals surface area (Å²) in [6, 6.07) is 8.38. The third-order valence-electron chi connectivity index (χ3n) is 4.36. The van der Waals surface area contributed by atoms with E-state index in [2.05, 4.69) is 33.5 Å². The van der Waals surface area contributed by atoms with Crippen LogP contribution in [-0.4, -0.2) is 39.9 Å². The van der Waals surface area contributed by atoms with E-state index in [1.54, 1.807) is 28.6 Å². The first kappa shape index (κ1) is 15.2. The van der Waals surface area contributed by atoms with Gasteiger partial charge in [-0.1, -0.05) is 6.07 Å². The molecule has 2 aromatic heterocycles. The smallest absolute Gasteiger partial charge is 0.274 e. The Bertz CT molecular complexity index is 874. The molecule has 0 spiro atoms. The average molecular weight is 338 g/mol. The van der Waals surface area contributed by atoms with Gasteiger partial charge in [0.2, 0.25) is 0 Å². The van der Waals surface area contributed by atoms with Crippen molar-refractivity contribution in [1.29, 1.82) is 0 Å². The Kier molecular flexibility index (Phi) is 4.00. The number of nitrogens with zero attached hydrogens (tertiary/aromatic N) is 3. The van der Waals surface area contributed by atoms with Gasteiger partial charge in [0.25, 0.3) is 5.91 Å². The van der Waals surface area contributed by atoms with E-state index in [9.17, 15) is 4.79 Å². The number of benzene rings is 1. The third-order valence-corrected chi connectivity index (χ3v) is 5.26. The zero-order valence-electron chi connectivity index (χ0n) is 13.2. The number of amides is 1. The largest absolute Gasteiger partial charge is 0.336 e. The molecule has 3 aromatic rings. The monoisotopic (exact) mass is 338 g/mol. The molecule has 5 nitrogen and oxygen atoms in total. The lowest BCUT2D eigenvalue weighted by molar-refractivity contribution is 0.0702. The summed E-state index contributed by atoms with van der Waals surface area (Å²) in [7, 11) is 0. The van der Waals surface area contributed by atoms with Crippen LogP contribution in [0.5, 0.6) is 0 Å². The second kappa shape index (κ2) is 6.30. The van der Waals surface area contributed by atoms with E-state index in [-0.39, 0.29) is 11.9 Å². The number of carbonyl (C=O) groups is 1. The predicted molar refractivity (Wildman–Crippen MR) is 96.0 cm³/mol.